The summed E-state index contributed by atoms with van der Waals surface area (Å²) in [6.07, 6.45) is 3.98. The molecule has 2 aromatic heterocycles. The monoisotopic (exact) mass is 369 g/mol. The van der Waals surface area contributed by atoms with Gasteiger partial charge in [0.15, 0.2) is 4.47 Å². The molecule has 0 atom stereocenters. The van der Waals surface area contributed by atoms with Gasteiger partial charge in [0.1, 0.15) is 10.6 Å². The van der Waals surface area contributed by atoms with Crippen molar-refractivity contribution in [2.24, 2.45) is 7.05 Å². The van der Waals surface area contributed by atoms with Crippen molar-refractivity contribution >= 4 is 40.4 Å². The van der Waals surface area contributed by atoms with Crippen molar-refractivity contribution in [2.45, 2.75) is 6.42 Å². The molecule has 0 aromatic carbocycles. The van der Waals surface area contributed by atoms with Gasteiger partial charge in [0.2, 0.25) is 0 Å². The lowest BCUT2D eigenvalue weighted by molar-refractivity contribution is 0.0943. The van der Waals surface area contributed by atoms with E-state index in [-0.39, 0.29) is 11.8 Å². The zero-order valence-electron chi connectivity index (χ0n) is 13.8. The number of hydrogen-bond acceptors (Lipinski definition) is 5. The van der Waals surface area contributed by atoms with Crippen LogP contribution in [-0.4, -0.2) is 53.5 Å². The van der Waals surface area contributed by atoms with Gasteiger partial charge in [-0.05, 0) is 33.1 Å². The minimum Gasteiger partial charge on any atom is -0.351 e. The molecule has 2 rings (SSSR count). The Morgan fingerprint density at radius 1 is 1.38 bits per heavy atom. The lowest BCUT2D eigenvalue weighted by atomic mass is 10.3. The number of amides is 2. The van der Waals surface area contributed by atoms with Crippen molar-refractivity contribution in [3.8, 4) is 0 Å². The summed E-state index contributed by atoms with van der Waals surface area (Å²) in [6, 6.07) is 1.64. The highest BCUT2D eigenvalue weighted by atomic mass is 35.5. The first kappa shape index (κ1) is 18.4. The number of anilines is 1. The number of nitrogens with one attached hydrogen (secondary N) is 2. The lowest BCUT2D eigenvalue weighted by Gasteiger charge is -2.10. The Balaban J connectivity index is 1.94. The molecule has 0 aliphatic carbocycles. The van der Waals surface area contributed by atoms with Gasteiger partial charge in [-0.3, -0.25) is 9.59 Å². The first-order chi connectivity index (χ1) is 11.4. The van der Waals surface area contributed by atoms with Gasteiger partial charge in [0.25, 0.3) is 11.8 Å². The molecule has 0 aliphatic rings. The van der Waals surface area contributed by atoms with Crippen molar-refractivity contribution in [3.05, 3.63) is 33.5 Å². The third-order valence-electron chi connectivity index (χ3n) is 3.26. The largest absolute Gasteiger partial charge is 0.351 e. The van der Waals surface area contributed by atoms with Crippen molar-refractivity contribution in [1.82, 2.24) is 19.8 Å². The Bertz CT molecular complexity index is 725. The number of carbonyl (C=O) groups is 2. The van der Waals surface area contributed by atoms with E-state index in [0.29, 0.717) is 27.3 Å². The van der Waals surface area contributed by atoms with Crippen molar-refractivity contribution in [2.75, 3.05) is 32.5 Å². The first-order valence-electron chi connectivity index (χ1n) is 7.39. The molecule has 9 heteroatoms. The highest BCUT2D eigenvalue weighted by Crippen LogP contribution is 2.20. The molecule has 2 heterocycles. The molecule has 0 unspecified atom stereocenters. The van der Waals surface area contributed by atoms with Gasteiger partial charge in [-0.2, -0.15) is 0 Å². The Morgan fingerprint density at radius 3 is 2.75 bits per heavy atom. The second-order valence-electron chi connectivity index (χ2n) is 5.57. The summed E-state index contributed by atoms with van der Waals surface area (Å²) in [5, 5.41) is 5.61. The molecule has 0 fully saturated rings. The maximum absolute atomic E-state index is 12.2. The number of nitrogens with zero attached hydrogens (tertiary/aromatic N) is 3. The number of aromatic nitrogens is 2. The van der Waals surface area contributed by atoms with Gasteiger partial charge >= 0.3 is 0 Å². The molecule has 0 saturated heterocycles. The van der Waals surface area contributed by atoms with Crippen molar-refractivity contribution < 1.29 is 9.59 Å². The molecule has 7 nitrogen and oxygen atoms in total. The minimum absolute atomic E-state index is 0.169. The maximum Gasteiger partial charge on any atom is 0.267 e. The van der Waals surface area contributed by atoms with Crippen LogP contribution in [0, 0.1) is 0 Å². The Kier molecular flexibility index (Phi) is 6.36. The number of rotatable bonds is 7. The summed E-state index contributed by atoms with van der Waals surface area (Å²) in [4.78, 5) is 30.6. The van der Waals surface area contributed by atoms with E-state index >= 15 is 0 Å². The Morgan fingerprint density at radius 2 is 2.12 bits per heavy atom. The third kappa shape index (κ3) is 5.05. The van der Waals surface area contributed by atoms with Crippen LogP contribution in [0.2, 0.25) is 4.47 Å². The fourth-order valence-corrected chi connectivity index (χ4v) is 2.93. The first-order valence-corrected chi connectivity index (χ1v) is 8.58. The molecular weight excluding hydrogens is 350 g/mol. The summed E-state index contributed by atoms with van der Waals surface area (Å²) in [6.45, 7) is 1.51. The van der Waals surface area contributed by atoms with E-state index in [1.165, 1.54) is 6.20 Å². The highest BCUT2D eigenvalue weighted by Gasteiger charge is 2.15. The average molecular weight is 370 g/mol. The molecule has 2 N–H and O–H groups in total. The number of halogens is 1. The van der Waals surface area contributed by atoms with E-state index < -0.39 is 0 Å². The average Bonchev–Trinajstić information content (AvgIpc) is 3.09. The van der Waals surface area contributed by atoms with Gasteiger partial charge in [-0.15, -0.1) is 0 Å². The number of hydrogen-bond donors (Lipinski definition) is 2. The van der Waals surface area contributed by atoms with Crippen LogP contribution in [0.3, 0.4) is 0 Å². The summed E-state index contributed by atoms with van der Waals surface area (Å²) in [5.41, 5.74) is 1.03. The minimum atomic E-state index is -0.303. The van der Waals surface area contributed by atoms with E-state index in [9.17, 15) is 9.59 Å². The normalized spacial score (nSPS) is 10.9. The topological polar surface area (TPSA) is 79.3 Å². The quantitative estimate of drug-likeness (QED) is 0.732. The summed E-state index contributed by atoms with van der Waals surface area (Å²) < 4.78 is 1.99. The zero-order chi connectivity index (χ0) is 17.7. The maximum atomic E-state index is 12.2. The molecule has 2 amide bonds. The number of aryl methyl sites for hydroxylation is 1. The predicted octanol–water partition coefficient (Wildman–Crippen LogP) is 2.07. The molecular formula is C15H20ClN5O2S. The number of carbonyl (C=O) groups excluding carboxylic acids is 2. The van der Waals surface area contributed by atoms with E-state index in [2.05, 4.69) is 20.5 Å². The molecule has 0 spiro atoms. The Hall–Kier alpha value is -1.90. The molecule has 0 aliphatic heterocycles. The van der Waals surface area contributed by atoms with E-state index in [1.807, 2.05) is 14.1 Å². The Labute approximate surface area is 149 Å². The van der Waals surface area contributed by atoms with Gasteiger partial charge in [0.05, 0.1) is 11.9 Å². The van der Waals surface area contributed by atoms with Gasteiger partial charge in [-0.25, -0.2) is 4.98 Å². The molecule has 130 valence electrons. The van der Waals surface area contributed by atoms with E-state index in [0.717, 1.165) is 24.3 Å². The van der Waals surface area contributed by atoms with Gasteiger partial charge in [0, 0.05) is 19.8 Å². The molecule has 24 heavy (non-hydrogen) atoms. The second-order valence-corrected chi connectivity index (χ2v) is 7.18. The summed E-state index contributed by atoms with van der Waals surface area (Å²) in [7, 11) is 5.74. The van der Waals surface area contributed by atoms with Crippen LogP contribution in [0.5, 0.6) is 0 Å². The second kappa shape index (κ2) is 8.27. The number of thiazole rings is 1. The van der Waals surface area contributed by atoms with Crippen LogP contribution < -0.4 is 10.6 Å². The summed E-state index contributed by atoms with van der Waals surface area (Å²) in [5.74, 6) is -0.472. The van der Waals surface area contributed by atoms with E-state index in [4.69, 9.17) is 11.6 Å². The fraction of sp³-hybridized carbons (Fsp3) is 0.400. The van der Waals surface area contributed by atoms with E-state index in [1.54, 1.807) is 23.9 Å². The standard InChI is InChI=1S/C15H20ClN5O2S/c1-20(2)6-4-5-17-13(22)11-7-10(9-21(11)3)19-14(23)12-8-18-15(16)24-12/h7-9H,4-6H2,1-3H3,(H,17,22)(H,19,23). The smallest absolute Gasteiger partial charge is 0.267 e. The molecule has 0 bridgehead atoms. The van der Waals surface area contributed by atoms with Crippen LogP contribution in [0.1, 0.15) is 26.6 Å². The molecule has 0 saturated carbocycles. The van der Waals surface area contributed by atoms with Crippen LogP contribution in [-0.2, 0) is 7.05 Å². The predicted molar refractivity (Wildman–Crippen MR) is 96.0 cm³/mol. The molecule has 0 radical (unpaired) electrons. The van der Waals surface area contributed by atoms with Gasteiger partial charge in [-0.1, -0.05) is 22.9 Å². The van der Waals surface area contributed by atoms with Crippen LogP contribution in [0.25, 0.3) is 0 Å². The lowest BCUT2D eigenvalue weighted by Crippen LogP contribution is -2.28. The summed E-state index contributed by atoms with van der Waals surface area (Å²) >= 11 is 6.83. The van der Waals surface area contributed by atoms with Crippen LogP contribution in [0.15, 0.2) is 18.5 Å². The highest BCUT2D eigenvalue weighted by molar-refractivity contribution is 7.17. The van der Waals surface area contributed by atoms with Crippen LogP contribution in [0.4, 0.5) is 5.69 Å². The van der Waals surface area contributed by atoms with Gasteiger partial charge < -0.3 is 20.1 Å². The van der Waals surface area contributed by atoms with Crippen molar-refractivity contribution in [3.63, 3.8) is 0 Å². The molecule has 2 aromatic rings. The van der Waals surface area contributed by atoms with Crippen molar-refractivity contribution in [1.29, 1.82) is 0 Å². The zero-order valence-corrected chi connectivity index (χ0v) is 15.4. The SMILES string of the molecule is CN(C)CCCNC(=O)c1cc(NC(=O)c2cnc(Cl)s2)cn1C. The third-order valence-corrected chi connectivity index (χ3v) is 4.38. The fourth-order valence-electron chi connectivity index (χ4n) is 2.10. The van der Waals surface area contributed by atoms with Crippen LogP contribution >= 0.6 is 22.9 Å².